The van der Waals surface area contributed by atoms with E-state index in [1.54, 1.807) is 13.4 Å². The van der Waals surface area contributed by atoms with Gasteiger partial charge in [-0.3, -0.25) is 0 Å². The zero-order valence-corrected chi connectivity index (χ0v) is 16.8. The first-order valence-corrected chi connectivity index (χ1v) is 9.13. The largest absolute Gasteiger partial charge is 0.375 e. The second-order valence-corrected chi connectivity index (χ2v) is 6.99. The van der Waals surface area contributed by atoms with E-state index in [2.05, 4.69) is 53.1 Å². The molecular weight excluding hydrogens is 326 g/mol. The van der Waals surface area contributed by atoms with E-state index in [1.807, 2.05) is 30.1 Å². The van der Waals surface area contributed by atoms with Crippen molar-refractivity contribution < 1.29 is 0 Å². The van der Waals surface area contributed by atoms with Crippen LogP contribution in [0.15, 0.2) is 30.0 Å². The molecule has 26 heavy (non-hydrogen) atoms. The number of aromatic nitrogens is 1. The lowest BCUT2D eigenvalue weighted by molar-refractivity contribution is 0.249. The molecule has 0 amide bonds. The van der Waals surface area contributed by atoms with Crippen molar-refractivity contribution in [1.82, 2.24) is 20.2 Å². The van der Waals surface area contributed by atoms with Crippen molar-refractivity contribution in [3.63, 3.8) is 0 Å². The molecule has 0 aromatic carbocycles. The Bertz CT molecular complexity index is 606. The molecular formula is C19H33N7. The quantitative estimate of drug-likeness (QED) is 0.434. The van der Waals surface area contributed by atoms with E-state index < -0.39 is 0 Å². The Morgan fingerprint density at radius 3 is 2.54 bits per heavy atom. The van der Waals surface area contributed by atoms with Crippen molar-refractivity contribution >= 4 is 17.8 Å². The number of nitrogens with one attached hydrogen (secondary N) is 1. The van der Waals surface area contributed by atoms with Crippen LogP contribution in [0.5, 0.6) is 0 Å². The first-order valence-electron chi connectivity index (χ1n) is 9.13. The van der Waals surface area contributed by atoms with Gasteiger partial charge >= 0.3 is 0 Å². The van der Waals surface area contributed by atoms with Crippen LogP contribution in [-0.2, 0) is 6.54 Å². The van der Waals surface area contributed by atoms with Crippen molar-refractivity contribution in [2.75, 3.05) is 58.1 Å². The lowest BCUT2D eigenvalue weighted by Crippen LogP contribution is -2.42. The van der Waals surface area contributed by atoms with Gasteiger partial charge in [-0.25, -0.2) is 4.98 Å². The Balaban J connectivity index is 2.22. The van der Waals surface area contributed by atoms with E-state index in [1.165, 1.54) is 12.8 Å². The predicted molar refractivity (Wildman–Crippen MR) is 111 cm³/mol. The van der Waals surface area contributed by atoms with E-state index in [0.717, 1.165) is 30.3 Å². The van der Waals surface area contributed by atoms with Crippen LogP contribution in [0.2, 0.25) is 0 Å². The van der Waals surface area contributed by atoms with Gasteiger partial charge in [0.25, 0.3) is 0 Å². The highest BCUT2D eigenvalue weighted by molar-refractivity contribution is 5.79. The fraction of sp³-hybridized carbons (Fsp3) is 0.579. The van der Waals surface area contributed by atoms with Crippen molar-refractivity contribution in [2.24, 2.45) is 5.10 Å². The van der Waals surface area contributed by atoms with Gasteiger partial charge in [-0.2, -0.15) is 5.10 Å². The molecule has 1 fully saturated rings. The first-order chi connectivity index (χ1) is 12.5. The summed E-state index contributed by atoms with van der Waals surface area (Å²) >= 11 is 0. The Kier molecular flexibility index (Phi) is 7.26. The van der Waals surface area contributed by atoms with Gasteiger partial charge < -0.3 is 25.0 Å². The van der Waals surface area contributed by atoms with Crippen molar-refractivity contribution in [3.05, 3.63) is 30.6 Å². The minimum absolute atomic E-state index is 0.667. The smallest absolute Gasteiger partial charge is 0.129 e. The summed E-state index contributed by atoms with van der Waals surface area (Å²) in [6.07, 6.45) is 5.93. The third kappa shape index (κ3) is 5.11. The molecule has 7 nitrogen and oxygen atoms in total. The zero-order chi connectivity index (χ0) is 19.1. The first kappa shape index (κ1) is 20.0. The highest BCUT2D eigenvalue weighted by Gasteiger charge is 2.22. The van der Waals surface area contributed by atoms with E-state index >= 15 is 0 Å². The molecule has 1 N–H and O–H groups in total. The third-order valence-electron chi connectivity index (χ3n) is 4.91. The second-order valence-electron chi connectivity index (χ2n) is 6.99. The van der Waals surface area contributed by atoms with E-state index in [0.29, 0.717) is 12.6 Å². The van der Waals surface area contributed by atoms with Crippen LogP contribution < -0.4 is 15.2 Å². The summed E-state index contributed by atoms with van der Waals surface area (Å²) < 4.78 is 0. The average molecular weight is 360 g/mol. The molecule has 1 aliphatic rings. The van der Waals surface area contributed by atoms with Crippen molar-refractivity contribution in [2.45, 2.75) is 25.4 Å². The van der Waals surface area contributed by atoms with Crippen LogP contribution in [-0.4, -0.2) is 75.5 Å². The Morgan fingerprint density at radius 2 is 1.96 bits per heavy atom. The molecule has 1 aromatic heterocycles. The monoisotopic (exact) mass is 359 g/mol. The summed E-state index contributed by atoms with van der Waals surface area (Å²) in [4.78, 5) is 13.7. The maximum absolute atomic E-state index is 4.98. The van der Waals surface area contributed by atoms with Gasteiger partial charge in [0.15, 0.2) is 0 Å². The molecule has 2 rings (SSSR count). The predicted octanol–water partition coefficient (Wildman–Crippen LogP) is 1.79. The van der Waals surface area contributed by atoms with Gasteiger partial charge in [0.1, 0.15) is 12.2 Å². The molecule has 0 bridgehead atoms. The molecule has 0 spiro atoms. The van der Waals surface area contributed by atoms with E-state index in [4.69, 9.17) is 4.98 Å². The van der Waals surface area contributed by atoms with Crippen LogP contribution in [0.1, 0.15) is 18.5 Å². The van der Waals surface area contributed by atoms with Crippen LogP contribution in [0.25, 0.3) is 0 Å². The van der Waals surface area contributed by atoms with Crippen molar-refractivity contribution in [1.29, 1.82) is 0 Å². The standard InChI is InChI=1S/C19H33N7/c1-7-24(5)14-17-18(25(6)15-21-20-2)8-9-19(22-17)26-12-10-16(11-13-26)23(3)4/h7-9,15-16,20H,1,10-14H2,2-6H3/b21-15-. The van der Waals surface area contributed by atoms with Gasteiger partial charge in [-0.15, -0.1) is 0 Å². The van der Waals surface area contributed by atoms with Crippen LogP contribution in [0.3, 0.4) is 0 Å². The Labute approximate surface area is 158 Å². The molecule has 1 aromatic rings. The number of pyridine rings is 1. The van der Waals surface area contributed by atoms with Gasteiger partial charge in [0.05, 0.1) is 17.9 Å². The fourth-order valence-electron chi connectivity index (χ4n) is 3.21. The molecule has 0 unspecified atom stereocenters. The van der Waals surface area contributed by atoms with Crippen molar-refractivity contribution in [3.8, 4) is 0 Å². The number of hydrazone groups is 1. The molecule has 7 heteroatoms. The summed E-state index contributed by atoms with van der Waals surface area (Å²) in [5, 5.41) is 4.10. The number of hydrogen-bond acceptors (Lipinski definition) is 6. The highest BCUT2D eigenvalue weighted by atomic mass is 15.3. The van der Waals surface area contributed by atoms with Gasteiger partial charge in [-0.05, 0) is 45.3 Å². The second kappa shape index (κ2) is 9.43. The molecule has 1 aliphatic heterocycles. The van der Waals surface area contributed by atoms with E-state index in [9.17, 15) is 0 Å². The third-order valence-corrected chi connectivity index (χ3v) is 4.91. The molecule has 2 heterocycles. The lowest BCUT2D eigenvalue weighted by Gasteiger charge is -2.36. The molecule has 1 saturated heterocycles. The number of rotatable bonds is 8. The molecule has 144 valence electrons. The normalized spacial score (nSPS) is 15.5. The maximum atomic E-state index is 4.98. The van der Waals surface area contributed by atoms with Crippen LogP contribution in [0.4, 0.5) is 11.5 Å². The fourth-order valence-corrected chi connectivity index (χ4v) is 3.21. The van der Waals surface area contributed by atoms with Crippen LogP contribution in [0, 0.1) is 0 Å². The summed E-state index contributed by atoms with van der Waals surface area (Å²) in [5.74, 6) is 1.05. The number of hydrogen-bond donors (Lipinski definition) is 1. The number of nitrogens with zero attached hydrogens (tertiary/aromatic N) is 6. The summed E-state index contributed by atoms with van der Waals surface area (Å²) in [7, 11) is 10.1. The maximum Gasteiger partial charge on any atom is 0.129 e. The Hall–Kier alpha value is -2.28. The van der Waals surface area contributed by atoms with Crippen LogP contribution >= 0.6 is 0 Å². The molecule has 0 atom stereocenters. The highest BCUT2D eigenvalue weighted by Crippen LogP contribution is 2.25. The van der Waals surface area contributed by atoms with Gasteiger partial charge in [0.2, 0.25) is 0 Å². The topological polar surface area (TPSA) is 50.2 Å². The number of piperidine rings is 1. The molecule has 0 saturated carbocycles. The summed E-state index contributed by atoms with van der Waals surface area (Å²) in [6, 6.07) is 4.92. The minimum Gasteiger partial charge on any atom is -0.375 e. The molecule has 0 aliphatic carbocycles. The summed E-state index contributed by atoms with van der Waals surface area (Å²) in [6.45, 7) is 6.65. The molecule has 0 radical (unpaired) electrons. The van der Waals surface area contributed by atoms with E-state index in [-0.39, 0.29) is 0 Å². The average Bonchev–Trinajstić information content (AvgIpc) is 2.66. The Morgan fingerprint density at radius 1 is 1.27 bits per heavy atom. The zero-order valence-electron chi connectivity index (χ0n) is 16.8. The van der Waals surface area contributed by atoms with Gasteiger partial charge in [-0.1, -0.05) is 6.58 Å². The SMILES string of the molecule is C=CN(C)Cc1nc(N2CCC(N(C)C)CC2)ccc1N(C)/C=N\NC. The van der Waals surface area contributed by atoms with Gasteiger partial charge in [0, 0.05) is 40.3 Å². The lowest BCUT2D eigenvalue weighted by atomic mass is 10.0. The number of anilines is 2. The summed E-state index contributed by atoms with van der Waals surface area (Å²) in [5.41, 5.74) is 4.85. The minimum atomic E-state index is 0.667.